The van der Waals surface area contributed by atoms with Gasteiger partial charge in [-0.25, -0.2) is 9.36 Å². The van der Waals surface area contributed by atoms with Gasteiger partial charge in [-0.15, -0.1) is 5.10 Å². The molecule has 4 aromatic rings. The van der Waals surface area contributed by atoms with Crippen LogP contribution in [0.25, 0.3) is 16.5 Å². The van der Waals surface area contributed by atoms with Gasteiger partial charge in [0.25, 0.3) is 0 Å². The summed E-state index contributed by atoms with van der Waals surface area (Å²) in [6.07, 6.45) is 0. The number of benzene rings is 3. The maximum atomic E-state index is 10.9. The van der Waals surface area contributed by atoms with Crippen molar-refractivity contribution in [3.8, 4) is 17.4 Å². The van der Waals surface area contributed by atoms with E-state index in [1.807, 2.05) is 72.8 Å². The van der Waals surface area contributed by atoms with Gasteiger partial charge in [0.05, 0.1) is 5.69 Å². The Bertz CT molecular complexity index is 1100. The highest BCUT2D eigenvalue weighted by molar-refractivity contribution is 5.88. The lowest BCUT2D eigenvalue weighted by Crippen LogP contribution is -2.13. The van der Waals surface area contributed by atoms with E-state index in [-0.39, 0.29) is 12.6 Å². The SMILES string of the molecule is O=C(O)COc1nnc(COc2cccc3ccccc23)n1-c1ccccc1. The third-order valence-corrected chi connectivity index (χ3v) is 4.15. The number of ether oxygens (including phenoxy) is 2. The van der Waals surface area contributed by atoms with Crippen molar-refractivity contribution in [3.63, 3.8) is 0 Å². The lowest BCUT2D eigenvalue weighted by atomic mass is 10.1. The fourth-order valence-corrected chi connectivity index (χ4v) is 2.91. The van der Waals surface area contributed by atoms with Crippen LogP contribution in [0.1, 0.15) is 5.82 Å². The lowest BCUT2D eigenvalue weighted by Gasteiger charge is -2.12. The number of hydrogen-bond donors (Lipinski definition) is 1. The molecular formula is C21H17N3O4. The summed E-state index contributed by atoms with van der Waals surface area (Å²) in [6.45, 7) is -0.360. The van der Waals surface area contributed by atoms with Crippen LogP contribution in [0.5, 0.6) is 11.8 Å². The summed E-state index contributed by atoms with van der Waals surface area (Å²) in [5.41, 5.74) is 0.754. The fraction of sp³-hybridized carbons (Fsp3) is 0.0952. The smallest absolute Gasteiger partial charge is 0.341 e. The predicted octanol–water partition coefficient (Wildman–Crippen LogP) is 3.46. The Balaban J connectivity index is 1.65. The van der Waals surface area contributed by atoms with Crippen LogP contribution in [0.2, 0.25) is 0 Å². The van der Waals surface area contributed by atoms with Crippen molar-refractivity contribution in [3.05, 3.63) is 78.6 Å². The first kappa shape index (κ1) is 17.5. The molecule has 7 nitrogen and oxygen atoms in total. The molecule has 0 aliphatic heterocycles. The Hall–Kier alpha value is -3.87. The van der Waals surface area contributed by atoms with Crippen molar-refractivity contribution in [1.29, 1.82) is 0 Å². The Morgan fingerprint density at radius 3 is 2.46 bits per heavy atom. The van der Waals surface area contributed by atoms with Gasteiger partial charge in [-0.2, -0.15) is 0 Å². The van der Waals surface area contributed by atoms with Crippen LogP contribution >= 0.6 is 0 Å². The molecule has 0 atom stereocenters. The monoisotopic (exact) mass is 375 g/mol. The van der Waals surface area contributed by atoms with Crippen LogP contribution in [0.4, 0.5) is 0 Å². The zero-order chi connectivity index (χ0) is 19.3. The number of hydrogen-bond acceptors (Lipinski definition) is 5. The van der Waals surface area contributed by atoms with Gasteiger partial charge in [0.2, 0.25) is 0 Å². The first-order chi connectivity index (χ1) is 13.7. The number of rotatable bonds is 7. The summed E-state index contributed by atoms with van der Waals surface area (Å²) in [6, 6.07) is 23.2. The molecule has 28 heavy (non-hydrogen) atoms. The topological polar surface area (TPSA) is 86.5 Å². The highest BCUT2D eigenvalue weighted by Gasteiger charge is 2.17. The van der Waals surface area contributed by atoms with Crippen LogP contribution in [-0.2, 0) is 11.4 Å². The lowest BCUT2D eigenvalue weighted by molar-refractivity contribution is -0.139. The Morgan fingerprint density at radius 1 is 0.893 bits per heavy atom. The van der Waals surface area contributed by atoms with Crippen LogP contribution in [0, 0.1) is 0 Å². The van der Waals surface area contributed by atoms with Crippen LogP contribution in [0.15, 0.2) is 72.8 Å². The Morgan fingerprint density at radius 2 is 1.64 bits per heavy atom. The molecule has 4 rings (SSSR count). The van der Waals surface area contributed by atoms with Crippen molar-refractivity contribution >= 4 is 16.7 Å². The van der Waals surface area contributed by atoms with Gasteiger partial charge in [-0.1, -0.05) is 59.7 Å². The minimum Gasteiger partial charge on any atom is -0.485 e. The number of aliphatic carboxylic acids is 1. The maximum Gasteiger partial charge on any atom is 0.341 e. The van der Waals surface area contributed by atoms with Gasteiger partial charge in [0, 0.05) is 5.39 Å². The molecule has 0 aliphatic carbocycles. The van der Waals surface area contributed by atoms with Gasteiger partial charge in [-0.05, 0) is 23.6 Å². The van der Waals surface area contributed by atoms with E-state index in [1.54, 1.807) is 4.57 Å². The summed E-state index contributed by atoms with van der Waals surface area (Å²) in [7, 11) is 0. The molecule has 0 amide bonds. The summed E-state index contributed by atoms with van der Waals surface area (Å²) in [5.74, 6) is 0.143. The first-order valence-corrected chi connectivity index (χ1v) is 8.67. The van der Waals surface area contributed by atoms with Crippen molar-refractivity contribution in [2.45, 2.75) is 6.61 Å². The molecule has 0 spiro atoms. The molecule has 0 radical (unpaired) electrons. The average molecular weight is 375 g/mol. The molecule has 0 bridgehead atoms. The highest BCUT2D eigenvalue weighted by atomic mass is 16.5. The molecule has 0 aliphatic rings. The molecule has 0 saturated heterocycles. The summed E-state index contributed by atoms with van der Waals surface area (Å²) < 4.78 is 12.9. The van der Waals surface area contributed by atoms with Crippen LogP contribution < -0.4 is 9.47 Å². The maximum absolute atomic E-state index is 10.9. The van der Waals surface area contributed by atoms with Gasteiger partial charge in [0.15, 0.2) is 12.4 Å². The molecule has 3 aromatic carbocycles. The van der Waals surface area contributed by atoms with E-state index < -0.39 is 12.6 Å². The average Bonchev–Trinajstić information content (AvgIpc) is 3.14. The van der Waals surface area contributed by atoms with Gasteiger partial charge >= 0.3 is 12.0 Å². The minimum atomic E-state index is -1.09. The quantitative estimate of drug-likeness (QED) is 0.532. The van der Waals surface area contributed by atoms with E-state index in [0.29, 0.717) is 5.82 Å². The number of fused-ring (bicyclic) bond motifs is 1. The number of nitrogens with zero attached hydrogens (tertiary/aromatic N) is 3. The largest absolute Gasteiger partial charge is 0.485 e. The predicted molar refractivity (Wildman–Crippen MR) is 103 cm³/mol. The Labute approximate surface area is 160 Å². The number of para-hydroxylation sites is 1. The summed E-state index contributed by atoms with van der Waals surface area (Å²) >= 11 is 0. The minimum absolute atomic E-state index is 0.102. The normalized spacial score (nSPS) is 10.7. The van der Waals surface area contributed by atoms with Crippen molar-refractivity contribution in [2.24, 2.45) is 0 Å². The molecule has 0 unspecified atom stereocenters. The standard InChI is InChI=1S/C21H17N3O4/c25-20(26)14-28-21-23-22-19(24(21)16-9-2-1-3-10-16)13-27-18-12-6-8-15-7-4-5-11-17(15)18/h1-12H,13-14H2,(H,25,26). The molecular weight excluding hydrogens is 358 g/mol. The second kappa shape index (κ2) is 7.79. The summed E-state index contributed by atoms with van der Waals surface area (Å²) in [5, 5.41) is 19.1. The van der Waals surface area contributed by atoms with E-state index in [9.17, 15) is 4.79 Å². The zero-order valence-electron chi connectivity index (χ0n) is 14.9. The van der Waals surface area contributed by atoms with E-state index in [4.69, 9.17) is 14.6 Å². The first-order valence-electron chi connectivity index (χ1n) is 8.67. The zero-order valence-corrected chi connectivity index (χ0v) is 14.9. The van der Waals surface area contributed by atoms with Crippen LogP contribution in [-0.4, -0.2) is 32.4 Å². The van der Waals surface area contributed by atoms with Crippen molar-refractivity contribution in [1.82, 2.24) is 14.8 Å². The van der Waals surface area contributed by atoms with E-state index >= 15 is 0 Å². The third-order valence-electron chi connectivity index (χ3n) is 4.15. The Kier molecular flexibility index (Phi) is 4.88. The molecule has 140 valence electrons. The number of carboxylic acids is 1. The molecule has 1 N–H and O–H groups in total. The molecule has 0 fully saturated rings. The fourth-order valence-electron chi connectivity index (χ4n) is 2.91. The highest BCUT2D eigenvalue weighted by Crippen LogP contribution is 2.26. The van der Waals surface area contributed by atoms with Gasteiger partial charge in [0.1, 0.15) is 12.4 Å². The molecule has 0 saturated carbocycles. The van der Waals surface area contributed by atoms with Gasteiger partial charge in [-0.3, -0.25) is 0 Å². The number of carboxylic acid groups (broad SMARTS) is 1. The van der Waals surface area contributed by atoms with E-state index in [2.05, 4.69) is 10.2 Å². The van der Waals surface area contributed by atoms with Crippen molar-refractivity contribution < 1.29 is 19.4 Å². The third kappa shape index (κ3) is 3.64. The molecule has 7 heteroatoms. The van der Waals surface area contributed by atoms with Crippen molar-refractivity contribution in [2.75, 3.05) is 6.61 Å². The van der Waals surface area contributed by atoms with E-state index in [1.165, 1.54) is 0 Å². The second-order valence-corrected chi connectivity index (χ2v) is 6.02. The summed E-state index contributed by atoms with van der Waals surface area (Å²) in [4.78, 5) is 10.9. The number of aromatic nitrogens is 3. The number of carbonyl (C=O) groups is 1. The van der Waals surface area contributed by atoms with Gasteiger partial charge < -0.3 is 14.6 Å². The van der Waals surface area contributed by atoms with E-state index in [0.717, 1.165) is 22.2 Å². The molecule has 1 heterocycles. The van der Waals surface area contributed by atoms with Crippen LogP contribution in [0.3, 0.4) is 0 Å². The molecule has 1 aromatic heterocycles. The second-order valence-electron chi connectivity index (χ2n) is 6.02.